The lowest BCUT2D eigenvalue weighted by Gasteiger charge is -2.07. The normalized spacial score (nSPS) is 11.0. The molecule has 0 aliphatic carbocycles. The first-order valence-electron chi connectivity index (χ1n) is 6.88. The molecule has 4 heteroatoms. The molecule has 1 N–H and O–H groups in total. The summed E-state index contributed by atoms with van der Waals surface area (Å²) in [5.41, 5.74) is 2.34. The Morgan fingerprint density at radius 2 is 1.90 bits per heavy atom. The van der Waals surface area contributed by atoms with Gasteiger partial charge in [-0.2, -0.15) is 0 Å². The van der Waals surface area contributed by atoms with Gasteiger partial charge in [0.15, 0.2) is 0 Å². The number of hydrogen-bond donors (Lipinski definition) is 1. The van der Waals surface area contributed by atoms with Crippen molar-refractivity contribution in [2.75, 3.05) is 6.54 Å². The van der Waals surface area contributed by atoms with Crippen molar-refractivity contribution in [3.8, 4) is 0 Å². The standard InChI is InChI=1S/C16H20BrN3/c1-12(2)8-18-9-14-10-19-16(20-11-14)7-13-4-3-5-15(17)6-13/h3-6,10-12,18H,7-9H2,1-2H3. The zero-order valence-corrected chi connectivity index (χ0v) is 13.5. The van der Waals surface area contributed by atoms with E-state index in [-0.39, 0.29) is 0 Å². The minimum atomic E-state index is 0.659. The Labute approximate surface area is 129 Å². The first-order chi connectivity index (χ1) is 9.63. The molecule has 0 unspecified atom stereocenters. The average molecular weight is 334 g/mol. The lowest BCUT2D eigenvalue weighted by Crippen LogP contribution is -2.19. The maximum absolute atomic E-state index is 4.43. The van der Waals surface area contributed by atoms with Crippen molar-refractivity contribution in [1.82, 2.24) is 15.3 Å². The van der Waals surface area contributed by atoms with E-state index in [1.165, 1.54) is 5.56 Å². The molecule has 3 nitrogen and oxygen atoms in total. The highest BCUT2D eigenvalue weighted by Crippen LogP contribution is 2.13. The van der Waals surface area contributed by atoms with Gasteiger partial charge in [0.25, 0.3) is 0 Å². The molecule has 0 saturated heterocycles. The molecule has 0 bridgehead atoms. The van der Waals surface area contributed by atoms with Crippen LogP contribution in [0.15, 0.2) is 41.1 Å². The van der Waals surface area contributed by atoms with Gasteiger partial charge < -0.3 is 5.32 Å². The SMILES string of the molecule is CC(C)CNCc1cnc(Cc2cccc(Br)c2)nc1. The number of benzene rings is 1. The third-order valence-corrected chi connectivity index (χ3v) is 3.39. The van der Waals surface area contributed by atoms with Crippen molar-refractivity contribution >= 4 is 15.9 Å². The highest BCUT2D eigenvalue weighted by molar-refractivity contribution is 9.10. The van der Waals surface area contributed by atoms with Crippen molar-refractivity contribution in [2.45, 2.75) is 26.8 Å². The molecule has 0 fully saturated rings. The Kier molecular flexibility index (Phi) is 5.68. The Morgan fingerprint density at radius 3 is 2.55 bits per heavy atom. The minimum Gasteiger partial charge on any atom is -0.312 e. The molecule has 0 atom stereocenters. The van der Waals surface area contributed by atoms with Gasteiger partial charge in [0.1, 0.15) is 5.82 Å². The summed E-state index contributed by atoms with van der Waals surface area (Å²) < 4.78 is 1.09. The molecule has 106 valence electrons. The predicted molar refractivity (Wildman–Crippen MR) is 85.5 cm³/mol. The van der Waals surface area contributed by atoms with E-state index in [1.807, 2.05) is 24.5 Å². The van der Waals surface area contributed by atoms with Crippen LogP contribution in [-0.4, -0.2) is 16.5 Å². The minimum absolute atomic E-state index is 0.659. The summed E-state index contributed by atoms with van der Waals surface area (Å²) in [6.07, 6.45) is 4.58. The van der Waals surface area contributed by atoms with Gasteiger partial charge in [0.05, 0.1) is 0 Å². The summed E-state index contributed by atoms with van der Waals surface area (Å²) in [6, 6.07) is 8.24. The largest absolute Gasteiger partial charge is 0.312 e. The van der Waals surface area contributed by atoms with Crippen molar-refractivity contribution in [3.63, 3.8) is 0 Å². The van der Waals surface area contributed by atoms with E-state index in [2.05, 4.69) is 57.2 Å². The highest BCUT2D eigenvalue weighted by Gasteiger charge is 2.01. The number of rotatable bonds is 6. The van der Waals surface area contributed by atoms with Crippen LogP contribution in [-0.2, 0) is 13.0 Å². The van der Waals surface area contributed by atoms with Crippen LogP contribution in [0.5, 0.6) is 0 Å². The zero-order valence-electron chi connectivity index (χ0n) is 11.9. The molecule has 0 spiro atoms. The maximum atomic E-state index is 4.43. The van der Waals surface area contributed by atoms with Crippen molar-refractivity contribution < 1.29 is 0 Å². The lowest BCUT2D eigenvalue weighted by atomic mass is 10.1. The van der Waals surface area contributed by atoms with E-state index in [0.717, 1.165) is 35.4 Å². The molecule has 1 aromatic heterocycles. The van der Waals surface area contributed by atoms with E-state index < -0.39 is 0 Å². The fourth-order valence-corrected chi connectivity index (χ4v) is 2.35. The number of aromatic nitrogens is 2. The number of halogens is 1. The Balaban J connectivity index is 1.91. The fourth-order valence-electron chi connectivity index (χ4n) is 1.90. The molecular weight excluding hydrogens is 314 g/mol. The van der Waals surface area contributed by atoms with E-state index in [4.69, 9.17) is 0 Å². The highest BCUT2D eigenvalue weighted by atomic mass is 79.9. The van der Waals surface area contributed by atoms with Gasteiger partial charge in [-0.25, -0.2) is 9.97 Å². The second kappa shape index (κ2) is 7.50. The zero-order chi connectivity index (χ0) is 14.4. The van der Waals surface area contributed by atoms with Gasteiger partial charge in [0, 0.05) is 35.4 Å². The van der Waals surface area contributed by atoms with Crippen LogP contribution in [0, 0.1) is 5.92 Å². The van der Waals surface area contributed by atoms with Crippen molar-refractivity contribution in [2.24, 2.45) is 5.92 Å². The monoisotopic (exact) mass is 333 g/mol. The summed E-state index contributed by atoms with van der Waals surface area (Å²) in [5.74, 6) is 1.52. The van der Waals surface area contributed by atoms with Crippen LogP contribution in [0.4, 0.5) is 0 Å². The third-order valence-electron chi connectivity index (χ3n) is 2.89. The van der Waals surface area contributed by atoms with Gasteiger partial charge in [-0.1, -0.05) is 41.9 Å². The second-order valence-corrected chi connectivity index (χ2v) is 6.25. The molecule has 0 radical (unpaired) electrons. The molecule has 0 amide bonds. The fraction of sp³-hybridized carbons (Fsp3) is 0.375. The summed E-state index contributed by atoms with van der Waals surface area (Å²) in [5, 5.41) is 3.39. The van der Waals surface area contributed by atoms with Gasteiger partial charge in [-0.05, 0) is 30.2 Å². The number of hydrogen-bond acceptors (Lipinski definition) is 3. The van der Waals surface area contributed by atoms with Gasteiger partial charge in [-0.3, -0.25) is 0 Å². The van der Waals surface area contributed by atoms with Gasteiger partial charge in [-0.15, -0.1) is 0 Å². The molecule has 1 heterocycles. The summed E-state index contributed by atoms with van der Waals surface area (Å²) in [7, 11) is 0. The van der Waals surface area contributed by atoms with Crippen LogP contribution in [0.1, 0.15) is 30.8 Å². The first kappa shape index (κ1) is 15.1. The molecule has 2 rings (SSSR count). The van der Waals surface area contributed by atoms with Crippen LogP contribution < -0.4 is 5.32 Å². The van der Waals surface area contributed by atoms with Crippen LogP contribution in [0.25, 0.3) is 0 Å². The summed E-state index contributed by atoms with van der Waals surface area (Å²) >= 11 is 3.48. The first-order valence-corrected chi connectivity index (χ1v) is 7.68. The molecule has 0 saturated carbocycles. The topological polar surface area (TPSA) is 37.8 Å². The second-order valence-electron chi connectivity index (χ2n) is 5.34. The maximum Gasteiger partial charge on any atom is 0.132 e. The number of nitrogens with zero attached hydrogens (tertiary/aromatic N) is 2. The smallest absolute Gasteiger partial charge is 0.132 e. The van der Waals surface area contributed by atoms with Crippen molar-refractivity contribution in [1.29, 1.82) is 0 Å². The average Bonchev–Trinajstić information content (AvgIpc) is 2.40. The van der Waals surface area contributed by atoms with Crippen LogP contribution >= 0.6 is 15.9 Å². The number of nitrogens with one attached hydrogen (secondary N) is 1. The molecule has 2 aromatic rings. The summed E-state index contributed by atoms with van der Waals surface area (Å²) in [6.45, 7) is 6.24. The van der Waals surface area contributed by atoms with Crippen molar-refractivity contribution in [3.05, 3.63) is 58.1 Å². The van der Waals surface area contributed by atoms with E-state index in [9.17, 15) is 0 Å². The van der Waals surface area contributed by atoms with Gasteiger partial charge in [0.2, 0.25) is 0 Å². The quantitative estimate of drug-likeness (QED) is 0.877. The predicted octanol–water partition coefficient (Wildman–Crippen LogP) is 3.58. The van der Waals surface area contributed by atoms with E-state index >= 15 is 0 Å². The van der Waals surface area contributed by atoms with Crippen LogP contribution in [0.3, 0.4) is 0 Å². The Morgan fingerprint density at radius 1 is 1.15 bits per heavy atom. The molecule has 20 heavy (non-hydrogen) atoms. The van der Waals surface area contributed by atoms with Crippen LogP contribution in [0.2, 0.25) is 0 Å². The Bertz CT molecular complexity index is 538. The molecule has 0 aliphatic rings. The van der Waals surface area contributed by atoms with E-state index in [0.29, 0.717) is 5.92 Å². The third kappa shape index (κ3) is 5.02. The summed E-state index contributed by atoms with van der Waals surface area (Å²) in [4.78, 5) is 8.87. The molecular formula is C16H20BrN3. The van der Waals surface area contributed by atoms with E-state index in [1.54, 1.807) is 0 Å². The molecule has 0 aliphatic heterocycles. The Hall–Kier alpha value is -1.26. The van der Waals surface area contributed by atoms with Gasteiger partial charge >= 0.3 is 0 Å². The lowest BCUT2D eigenvalue weighted by molar-refractivity contribution is 0.551. The molecule has 1 aromatic carbocycles.